The molecule has 0 amide bonds. The second kappa shape index (κ2) is 8.66. The number of hydrogen-bond acceptors (Lipinski definition) is 2. The summed E-state index contributed by atoms with van der Waals surface area (Å²) in [6, 6.07) is 18.5. The highest BCUT2D eigenvalue weighted by atomic mass is 35.5. The summed E-state index contributed by atoms with van der Waals surface area (Å²) in [7, 11) is 0. The van der Waals surface area contributed by atoms with E-state index in [2.05, 4.69) is 48.2 Å². The van der Waals surface area contributed by atoms with E-state index < -0.39 is 0 Å². The van der Waals surface area contributed by atoms with Gasteiger partial charge in [0.05, 0.1) is 6.10 Å². The van der Waals surface area contributed by atoms with Crippen molar-refractivity contribution in [2.45, 2.75) is 38.4 Å². The maximum Gasteiger partial charge on any atom is 0.108 e. The molecule has 128 valence electrons. The molecule has 3 heteroatoms. The topological polar surface area (TPSA) is 12.5 Å². The molecule has 24 heavy (non-hydrogen) atoms. The van der Waals surface area contributed by atoms with Gasteiger partial charge in [0, 0.05) is 18.1 Å². The fraction of sp³-hybridized carbons (Fsp3) is 0.429. The number of unbranched alkanes of at least 4 members (excludes halogenated alkanes) is 1. The molecule has 2 nitrogen and oxygen atoms in total. The van der Waals surface area contributed by atoms with Gasteiger partial charge in [-0.3, -0.25) is 0 Å². The van der Waals surface area contributed by atoms with E-state index in [4.69, 9.17) is 16.3 Å². The van der Waals surface area contributed by atoms with Gasteiger partial charge in [-0.05, 0) is 42.6 Å². The summed E-state index contributed by atoms with van der Waals surface area (Å²) in [5.74, 6) is 0. The van der Waals surface area contributed by atoms with Crippen LogP contribution in [-0.2, 0) is 4.74 Å². The van der Waals surface area contributed by atoms with Gasteiger partial charge in [-0.15, -0.1) is 0 Å². The summed E-state index contributed by atoms with van der Waals surface area (Å²) < 4.78 is 6.55. The van der Waals surface area contributed by atoms with Crippen molar-refractivity contribution >= 4 is 11.6 Å². The molecule has 1 fully saturated rings. The Balaban J connectivity index is 1.73. The Labute approximate surface area is 150 Å². The molecule has 0 saturated carbocycles. The quantitative estimate of drug-likeness (QED) is 0.674. The van der Waals surface area contributed by atoms with Crippen LogP contribution in [-0.4, -0.2) is 30.6 Å². The molecule has 2 aromatic carbocycles. The minimum Gasteiger partial charge on any atom is -0.364 e. The van der Waals surface area contributed by atoms with Crippen LogP contribution >= 0.6 is 11.6 Å². The molecule has 0 aliphatic carbocycles. The van der Waals surface area contributed by atoms with E-state index in [9.17, 15) is 0 Å². The first-order chi connectivity index (χ1) is 11.8. The van der Waals surface area contributed by atoms with Gasteiger partial charge in [-0.1, -0.05) is 67.4 Å². The van der Waals surface area contributed by atoms with Gasteiger partial charge < -0.3 is 9.64 Å². The molecule has 0 radical (unpaired) electrons. The molecule has 0 spiro atoms. The molecule has 3 rings (SSSR count). The molecular weight excluding hydrogens is 318 g/mol. The molecule has 1 aliphatic heterocycles. The van der Waals surface area contributed by atoms with Crippen LogP contribution < -0.4 is 0 Å². The van der Waals surface area contributed by atoms with Crippen LogP contribution in [0.15, 0.2) is 54.6 Å². The van der Waals surface area contributed by atoms with Crippen molar-refractivity contribution in [2.75, 3.05) is 19.6 Å². The standard InChI is InChI=1S/C21H26ClNO/c1-2-3-14-23-15-13-20(16-23)24-21(17-7-5-4-6-8-17)18-9-11-19(22)12-10-18/h4-12,20-21H,2-3,13-16H2,1H3/t20-,21-/m1/s1. The maximum atomic E-state index is 6.55. The third kappa shape index (κ3) is 4.60. The third-order valence-corrected chi connectivity index (χ3v) is 4.91. The normalized spacial score (nSPS) is 19.5. The average molecular weight is 344 g/mol. The Bertz CT molecular complexity index is 613. The molecule has 0 unspecified atom stereocenters. The van der Waals surface area contributed by atoms with Crippen LogP contribution in [0.4, 0.5) is 0 Å². The van der Waals surface area contributed by atoms with Crippen molar-refractivity contribution in [1.29, 1.82) is 0 Å². The van der Waals surface area contributed by atoms with Crippen molar-refractivity contribution in [2.24, 2.45) is 0 Å². The second-order valence-corrected chi connectivity index (χ2v) is 6.98. The van der Waals surface area contributed by atoms with Crippen LogP contribution in [0.5, 0.6) is 0 Å². The van der Waals surface area contributed by atoms with Crippen LogP contribution in [0.3, 0.4) is 0 Å². The Hall–Kier alpha value is -1.35. The van der Waals surface area contributed by atoms with Crippen molar-refractivity contribution in [3.8, 4) is 0 Å². The molecule has 1 saturated heterocycles. The van der Waals surface area contributed by atoms with E-state index in [-0.39, 0.29) is 6.10 Å². The maximum absolute atomic E-state index is 6.55. The SMILES string of the molecule is CCCCN1CC[C@@H](O[C@H](c2ccccc2)c2ccc(Cl)cc2)C1. The third-order valence-electron chi connectivity index (χ3n) is 4.66. The van der Waals surface area contributed by atoms with Gasteiger partial charge >= 0.3 is 0 Å². The van der Waals surface area contributed by atoms with Crippen LogP contribution in [0.2, 0.25) is 5.02 Å². The summed E-state index contributed by atoms with van der Waals surface area (Å²) in [6.45, 7) is 5.62. The largest absolute Gasteiger partial charge is 0.364 e. The van der Waals surface area contributed by atoms with Crippen LogP contribution in [0, 0.1) is 0 Å². The van der Waals surface area contributed by atoms with E-state index in [1.54, 1.807) is 0 Å². The Kier molecular flexibility index (Phi) is 6.30. The van der Waals surface area contributed by atoms with E-state index >= 15 is 0 Å². The highest BCUT2D eigenvalue weighted by Crippen LogP contribution is 2.30. The van der Waals surface area contributed by atoms with E-state index in [1.165, 1.54) is 24.9 Å². The first kappa shape index (κ1) is 17.5. The molecule has 2 aromatic rings. The molecule has 1 aliphatic rings. The lowest BCUT2D eigenvalue weighted by Crippen LogP contribution is -2.25. The number of nitrogens with zero attached hydrogens (tertiary/aromatic N) is 1. The smallest absolute Gasteiger partial charge is 0.108 e. The zero-order valence-corrected chi connectivity index (χ0v) is 15.1. The number of likely N-dealkylation sites (tertiary alicyclic amines) is 1. The van der Waals surface area contributed by atoms with Crippen molar-refractivity contribution < 1.29 is 4.74 Å². The predicted molar refractivity (Wildman–Crippen MR) is 101 cm³/mol. The second-order valence-electron chi connectivity index (χ2n) is 6.54. The zero-order valence-electron chi connectivity index (χ0n) is 14.3. The van der Waals surface area contributed by atoms with Gasteiger partial charge in [0.1, 0.15) is 6.10 Å². The molecule has 0 aromatic heterocycles. The Morgan fingerprint density at radius 3 is 2.50 bits per heavy atom. The first-order valence-electron chi connectivity index (χ1n) is 8.94. The number of halogens is 1. The zero-order chi connectivity index (χ0) is 16.8. The average Bonchev–Trinajstić information content (AvgIpc) is 3.07. The van der Waals surface area contributed by atoms with E-state index in [1.807, 2.05) is 18.2 Å². The van der Waals surface area contributed by atoms with Gasteiger partial charge in [0.15, 0.2) is 0 Å². The molecule has 0 bridgehead atoms. The summed E-state index contributed by atoms with van der Waals surface area (Å²) in [6.07, 6.45) is 3.90. The van der Waals surface area contributed by atoms with Crippen molar-refractivity contribution in [3.63, 3.8) is 0 Å². The molecule has 2 atom stereocenters. The minimum atomic E-state index is -0.0282. The first-order valence-corrected chi connectivity index (χ1v) is 9.32. The Morgan fingerprint density at radius 2 is 1.79 bits per heavy atom. The minimum absolute atomic E-state index is 0.0282. The number of rotatable bonds is 7. The lowest BCUT2D eigenvalue weighted by Gasteiger charge is -2.24. The van der Waals surface area contributed by atoms with E-state index in [0.29, 0.717) is 6.10 Å². The summed E-state index contributed by atoms with van der Waals surface area (Å²) in [4.78, 5) is 2.53. The lowest BCUT2D eigenvalue weighted by molar-refractivity contribution is 0.0142. The summed E-state index contributed by atoms with van der Waals surface area (Å²) in [5, 5.41) is 0.761. The van der Waals surface area contributed by atoms with Crippen molar-refractivity contribution in [1.82, 2.24) is 4.90 Å². The molecule has 1 heterocycles. The Morgan fingerprint density at radius 1 is 1.08 bits per heavy atom. The highest BCUT2D eigenvalue weighted by molar-refractivity contribution is 6.30. The number of ether oxygens (including phenoxy) is 1. The number of benzene rings is 2. The summed E-state index contributed by atoms with van der Waals surface area (Å²) >= 11 is 6.05. The fourth-order valence-electron chi connectivity index (χ4n) is 3.30. The van der Waals surface area contributed by atoms with Crippen molar-refractivity contribution in [3.05, 3.63) is 70.7 Å². The number of hydrogen-bond donors (Lipinski definition) is 0. The lowest BCUT2D eigenvalue weighted by atomic mass is 10.0. The molecule has 0 N–H and O–H groups in total. The highest BCUT2D eigenvalue weighted by Gasteiger charge is 2.26. The van der Waals surface area contributed by atoms with E-state index in [0.717, 1.165) is 30.1 Å². The van der Waals surface area contributed by atoms with Crippen LogP contribution in [0.25, 0.3) is 0 Å². The van der Waals surface area contributed by atoms with Gasteiger partial charge in [0.25, 0.3) is 0 Å². The van der Waals surface area contributed by atoms with Gasteiger partial charge in [-0.2, -0.15) is 0 Å². The monoisotopic (exact) mass is 343 g/mol. The van der Waals surface area contributed by atoms with Crippen LogP contribution in [0.1, 0.15) is 43.4 Å². The van der Waals surface area contributed by atoms with Gasteiger partial charge in [0.2, 0.25) is 0 Å². The predicted octanol–water partition coefficient (Wildman–Crippen LogP) is 5.32. The fourth-order valence-corrected chi connectivity index (χ4v) is 3.43. The molecular formula is C21H26ClNO. The summed E-state index contributed by atoms with van der Waals surface area (Å²) in [5.41, 5.74) is 2.37. The van der Waals surface area contributed by atoms with Gasteiger partial charge in [-0.25, -0.2) is 0 Å².